The highest BCUT2D eigenvalue weighted by Crippen LogP contribution is 2.50. The van der Waals surface area contributed by atoms with Gasteiger partial charge in [-0.2, -0.15) is 0 Å². The lowest BCUT2D eigenvalue weighted by Gasteiger charge is -2.21. The van der Waals surface area contributed by atoms with Gasteiger partial charge in [-0.25, -0.2) is 0 Å². The summed E-state index contributed by atoms with van der Waals surface area (Å²) in [5.74, 6) is 0.555. The van der Waals surface area contributed by atoms with Crippen LogP contribution < -0.4 is 5.73 Å². The van der Waals surface area contributed by atoms with Gasteiger partial charge in [-0.3, -0.25) is 4.99 Å². The van der Waals surface area contributed by atoms with Crippen molar-refractivity contribution >= 4 is 27.6 Å². The molecule has 0 aliphatic heterocycles. The molecule has 0 unspecified atom stereocenters. The Hall–Kier alpha value is -4.63. The Morgan fingerprint density at radius 3 is 2.21 bits per heavy atom. The summed E-state index contributed by atoms with van der Waals surface area (Å²) in [6.45, 7) is 5.25. The van der Waals surface area contributed by atoms with Crippen molar-refractivity contribution in [3.63, 3.8) is 0 Å². The van der Waals surface area contributed by atoms with Crippen LogP contribution in [0.5, 0.6) is 0 Å². The first-order chi connectivity index (χ1) is 18.5. The van der Waals surface area contributed by atoms with Gasteiger partial charge in [0.15, 0.2) is 0 Å². The number of amidine groups is 1. The molecule has 0 amide bonds. The second-order valence-corrected chi connectivity index (χ2v) is 10.7. The zero-order valence-corrected chi connectivity index (χ0v) is 21.6. The Morgan fingerprint density at radius 1 is 0.684 bits per heavy atom. The van der Waals surface area contributed by atoms with Crippen molar-refractivity contribution in [2.24, 2.45) is 10.7 Å². The third-order valence-electron chi connectivity index (χ3n) is 8.07. The molecule has 3 heteroatoms. The second kappa shape index (κ2) is 8.46. The summed E-state index contributed by atoms with van der Waals surface area (Å²) in [7, 11) is 0. The average molecular weight is 492 g/mol. The highest BCUT2D eigenvalue weighted by atomic mass is 15.0. The Labute approximate surface area is 222 Å². The molecule has 0 saturated carbocycles. The number of nitrogens with two attached hydrogens (primary N) is 1. The van der Waals surface area contributed by atoms with Crippen LogP contribution in [0.15, 0.2) is 120 Å². The van der Waals surface area contributed by atoms with E-state index in [0.717, 1.165) is 16.8 Å². The number of hydrogen-bond acceptors (Lipinski definition) is 1. The summed E-state index contributed by atoms with van der Waals surface area (Å²) in [5.41, 5.74) is 17.4. The number of rotatable bonds is 4. The zero-order chi connectivity index (χ0) is 25.9. The molecule has 1 aliphatic rings. The quantitative estimate of drug-likeness (QED) is 0.197. The molecule has 38 heavy (non-hydrogen) atoms. The SMILES string of the molecule is CC1(C)c2ccccc2-c2cc3c(cc21)c1ccccc1n3-c1ccc(C(N)=NCc2ccccc2)cc1. The number of fused-ring (bicyclic) bond motifs is 6. The number of aliphatic imine (C=N–C) groups is 1. The van der Waals surface area contributed by atoms with Gasteiger partial charge in [-0.1, -0.05) is 86.6 Å². The highest BCUT2D eigenvalue weighted by Gasteiger charge is 2.36. The number of hydrogen-bond donors (Lipinski definition) is 1. The lowest BCUT2D eigenvalue weighted by Crippen LogP contribution is -2.14. The first-order valence-electron chi connectivity index (χ1n) is 13.1. The Balaban J connectivity index is 1.36. The fourth-order valence-electron chi connectivity index (χ4n) is 6.07. The van der Waals surface area contributed by atoms with E-state index in [9.17, 15) is 0 Å². The van der Waals surface area contributed by atoms with E-state index in [1.807, 2.05) is 18.2 Å². The van der Waals surface area contributed by atoms with Crippen molar-refractivity contribution in [2.75, 3.05) is 0 Å². The van der Waals surface area contributed by atoms with E-state index < -0.39 is 0 Å². The molecule has 0 bridgehead atoms. The predicted molar refractivity (Wildman–Crippen MR) is 159 cm³/mol. The minimum absolute atomic E-state index is 0.0262. The Bertz CT molecular complexity index is 1860. The summed E-state index contributed by atoms with van der Waals surface area (Å²) in [5, 5.41) is 2.55. The van der Waals surface area contributed by atoms with E-state index in [0.29, 0.717) is 12.4 Å². The molecule has 0 spiro atoms. The van der Waals surface area contributed by atoms with Crippen LogP contribution in [0.4, 0.5) is 0 Å². The second-order valence-electron chi connectivity index (χ2n) is 10.7. The molecule has 6 aromatic rings. The van der Waals surface area contributed by atoms with Gasteiger partial charge in [-0.15, -0.1) is 0 Å². The van der Waals surface area contributed by atoms with E-state index in [2.05, 4.69) is 120 Å². The monoisotopic (exact) mass is 491 g/mol. The molecule has 0 saturated heterocycles. The zero-order valence-electron chi connectivity index (χ0n) is 21.6. The van der Waals surface area contributed by atoms with Crippen LogP contribution in [0.2, 0.25) is 0 Å². The minimum Gasteiger partial charge on any atom is -0.383 e. The lowest BCUT2D eigenvalue weighted by molar-refractivity contribution is 0.661. The van der Waals surface area contributed by atoms with Crippen LogP contribution >= 0.6 is 0 Å². The lowest BCUT2D eigenvalue weighted by atomic mass is 9.82. The first kappa shape index (κ1) is 22.6. The molecular weight excluding hydrogens is 462 g/mol. The van der Waals surface area contributed by atoms with Gasteiger partial charge in [0.05, 0.1) is 17.6 Å². The van der Waals surface area contributed by atoms with Gasteiger partial charge >= 0.3 is 0 Å². The Morgan fingerprint density at radius 2 is 1.39 bits per heavy atom. The average Bonchev–Trinajstić information content (AvgIpc) is 3.40. The summed E-state index contributed by atoms with van der Waals surface area (Å²) in [6, 6.07) is 41.0. The number of benzene rings is 5. The van der Waals surface area contributed by atoms with E-state index in [4.69, 9.17) is 5.73 Å². The molecule has 1 aromatic heterocycles. The van der Waals surface area contributed by atoms with Gasteiger partial charge in [0.2, 0.25) is 0 Å². The maximum Gasteiger partial charge on any atom is 0.125 e. The van der Waals surface area contributed by atoms with Gasteiger partial charge in [0, 0.05) is 27.4 Å². The molecular formula is C35H29N3. The summed E-state index contributed by atoms with van der Waals surface area (Å²) >= 11 is 0. The fraction of sp³-hybridized carbons (Fsp3) is 0.114. The third-order valence-corrected chi connectivity index (χ3v) is 8.07. The van der Waals surface area contributed by atoms with Crippen molar-refractivity contribution in [1.82, 2.24) is 4.57 Å². The normalized spacial score (nSPS) is 14.1. The van der Waals surface area contributed by atoms with E-state index in [-0.39, 0.29) is 5.41 Å². The number of nitrogens with zero attached hydrogens (tertiary/aromatic N) is 2. The van der Waals surface area contributed by atoms with Gasteiger partial charge in [0.1, 0.15) is 5.84 Å². The predicted octanol–water partition coefficient (Wildman–Crippen LogP) is 8.00. The maximum absolute atomic E-state index is 6.37. The Kier molecular flexibility index (Phi) is 5.02. The van der Waals surface area contributed by atoms with Crippen LogP contribution in [-0.2, 0) is 12.0 Å². The van der Waals surface area contributed by atoms with E-state index >= 15 is 0 Å². The number of aromatic nitrogens is 1. The van der Waals surface area contributed by atoms with Crippen LogP contribution in [0.3, 0.4) is 0 Å². The topological polar surface area (TPSA) is 43.3 Å². The molecule has 3 nitrogen and oxygen atoms in total. The summed E-state index contributed by atoms with van der Waals surface area (Å²) < 4.78 is 2.37. The molecule has 0 fully saturated rings. The summed E-state index contributed by atoms with van der Waals surface area (Å²) in [4.78, 5) is 4.62. The van der Waals surface area contributed by atoms with Crippen LogP contribution in [-0.4, -0.2) is 10.4 Å². The highest BCUT2D eigenvalue weighted by molar-refractivity contribution is 6.11. The fourth-order valence-corrected chi connectivity index (χ4v) is 6.07. The van der Waals surface area contributed by atoms with Crippen molar-refractivity contribution in [3.8, 4) is 16.8 Å². The van der Waals surface area contributed by atoms with Gasteiger partial charge in [0.25, 0.3) is 0 Å². The summed E-state index contributed by atoms with van der Waals surface area (Å²) in [6.07, 6.45) is 0. The molecule has 0 radical (unpaired) electrons. The van der Waals surface area contributed by atoms with Crippen LogP contribution in [0.1, 0.15) is 36.1 Å². The minimum atomic E-state index is -0.0262. The third kappa shape index (κ3) is 3.39. The molecule has 1 heterocycles. The molecule has 7 rings (SSSR count). The van der Waals surface area contributed by atoms with E-state index in [1.54, 1.807) is 0 Å². The molecule has 0 atom stereocenters. The van der Waals surface area contributed by atoms with Crippen LogP contribution in [0.25, 0.3) is 38.6 Å². The smallest absolute Gasteiger partial charge is 0.125 e. The van der Waals surface area contributed by atoms with Crippen molar-refractivity contribution < 1.29 is 0 Å². The van der Waals surface area contributed by atoms with Gasteiger partial charge < -0.3 is 10.3 Å². The molecule has 5 aromatic carbocycles. The molecule has 2 N–H and O–H groups in total. The standard InChI is InChI=1S/C35H29N3/c1-35(2)30-14-8-6-12-26(30)28-21-33-29(20-31(28)35)27-13-7-9-15-32(27)38(33)25-18-16-24(17-19-25)34(36)37-22-23-10-4-3-5-11-23/h3-21H,22H2,1-2H3,(H2,36,37). The molecule has 1 aliphatic carbocycles. The van der Waals surface area contributed by atoms with Gasteiger partial charge in [-0.05, 0) is 70.3 Å². The van der Waals surface area contributed by atoms with Crippen molar-refractivity contribution in [2.45, 2.75) is 25.8 Å². The van der Waals surface area contributed by atoms with Crippen LogP contribution in [0, 0.1) is 0 Å². The van der Waals surface area contributed by atoms with E-state index in [1.165, 1.54) is 44.1 Å². The van der Waals surface area contributed by atoms with Crippen molar-refractivity contribution in [1.29, 1.82) is 0 Å². The van der Waals surface area contributed by atoms with Crippen molar-refractivity contribution in [3.05, 3.63) is 138 Å². The first-order valence-corrected chi connectivity index (χ1v) is 13.1. The maximum atomic E-state index is 6.37. The largest absolute Gasteiger partial charge is 0.383 e. The molecule has 184 valence electrons. The number of para-hydroxylation sites is 1.